The van der Waals surface area contributed by atoms with Crippen molar-refractivity contribution in [2.75, 3.05) is 20.1 Å². The van der Waals surface area contributed by atoms with Crippen LogP contribution in [0.5, 0.6) is 0 Å². The molecule has 6 heteroatoms. The van der Waals surface area contributed by atoms with Crippen LogP contribution in [0.3, 0.4) is 0 Å². The van der Waals surface area contributed by atoms with E-state index in [0.717, 1.165) is 35.1 Å². The fraction of sp³-hybridized carbons (Fsp3) is 0.462. The SMILES string of the molecule is CNC1CCCN(C(=O)c2ccc(Cl)c(I)c2)C1.Cl. The van der Waals surface area contributed by atoms with E-state index in [9.17, 15) is 4.79 Å². The first kappa shape index (κ1) is 17.0. The van der Waals surface area contributed by atoms with Crippen molar-refractivity contribution in [1.82, 2.24) is 10.2 Å². The van der Waals surface area contributed by atoms with Gasteiger partial charge in [-0.1, -0.05) is 11.6 Å². The van der Waals surface area contributed by atoms with E-state index >= 15 is 0 Å². The summed E-state index contributed by atoms with van der Waals surface area (Å²) in [6.07, 6.45) is 2.19. The molecule has 1 aromatic rings. The van der Waals surface area contributed by atoms with Crippen LogP contribution in [0, 0.1) is 3.57 Å². The summed E-state index contributed by atoms with van der Waals surface area (Å²) in [7, 11) is 1.95. The van der Waals surface area contributed by atoms with E-state index in [-0.39, 0.29) is 18.3 Å². The molecule has 1 atom stereocenters. The summed E-state index contributed by atoms with van der Waals surface area (Å²) in [5, 5.41) is 3.94. The van der Waals surface area contributed by atoms with Crippen LogP contribution in [0.4, 0.5) is 0 Å². The molecular weight excluding hydrogens is 398 g/mol. The molecule has 1 aliphatic rings. The maximum atomic E-state index is 12.4. The highest BCUT2D eigenvalue weighted by atomic mass is 127. The molecule has 19 heavy (non-hydrogen) atoms. The van der Waals surface area contributed by atoms with Crippen molar-refractivity contribution in [3.05, 3.63) is 32.4 Å². The molecule has 3 nitrogen and oxygen atoms in total. The lowest BCUT2D eigenvalue weighted by molar-refractivity contribution is 0.0698. The lowest BCUT2D eigenvalue weighted by Gasteiger charge is -2.32. The van der Waals surface area contributed by atoms with Crippen LogP contribution in [-0.2, 0) is 0 Å². The third kappa shape index (κ3) is 4.21. The van der Waals surface area contributed by atoms with Gasteiger partial charge in [0.1, 0.15) is 0 Å². The zero-order chi connectivity index (χ0) is 13.1. The van der Waals surface area contributed by atoms with Gasteiger partial charge in [0.25, 0.3) is 5.91 Å². The van der Waals surface area contributed by atoms with Crippen molar-refractivity contribution < 1.29 is 4.79 Å². The largest absolute Gasteiger partial charge is 0.337 e. The maximum Gasteiger partial charge on any atom is 0.253 e. The van der Waals surface area contributed by atoms with Crippen LogP contribution in [0.15, 0.2) is 18.2 Å². The average Bonchev–Trinajstić information content (AvgIpc) is 2.41. The van der Waals surface area contributed by atoms with Gasteiger partial charge >= 0.3 is 0 Å². The van der Waals surface area contributed by atoms with Crippen LogP contribution in [0.25, 0.3) is 0 Å². The highest BCUT2D eigenvalue weighted by Crippen LogP contribution is 2.21. The van der Waals surface area contributed by atoms with E-state index in [4.69, 9.17) is 11.6 Å². The fourth-order valence-electron chi connectivity index (χ4n) is 2.21. The first-order valence-corrected chi connectivity index (χ1v) is 7.49. The number of carbonyl (C=O) groups excluding carboxylic acids is 1. The summed E-state index contributed by atoms with van der Waals surface area (Å²) in [5.74, 6) is 0.101. The van der Waals surface area contributed by atoms with Gasteiger partial charge in [0.2, 0.25) is 0 Å². The Morgan fingerprint density at radius 2 is 2.26 bits per heavy atom. The molecule has 0 radical (unpaired) electrons. The molecular formula is C13H17Cl2IN2O. The van der Waals surface area contributed by atoms with Crippen LogP contribution in [-0.4, -0.2) is 37.0 Å². The van der Waals surface area contributed by atoms with Gasteiger partial charge in [-0.25, -0.2) is 0 Å². The second-order valence-electron chi connectivity index (χ2n) is 4.51. The molecule has 1 unspecified atom stereocenters. The molecule has 1 amide bonds. The number of rotatable bonds is 2. The number of hydrogen-bond acceptors (Lipinski definition) is 2. The zero-order valence-corrected chi connectivity index (χ0v) is 14.4. The molecule has 1 N–H and O–H groups in total. The molecule has 2 rings (SSSR count). The predicted octanol–water partition coefficient (Wildman–Crippen LogP) is 3.19. The minimum Gasteiger partial charge on any atom is -0.337 e. The summed E-state index contributed by atoms with van der Waals surface area (Å²) in [6.45, 7) is 1.63. The summed E-state index contributed by atoms with van der Waals surface area (Å²) < 4.78 is 0.919. The standard InChI is InChI=1S/C13H16ClIN2O.ClH/c1-16-10-3-2-6-17(8-10)13(18)9-4-5-11(14)12(15)7-9;/h4-5,7,10,16H,2-3,6,8H2,1H3;1H. The Hall–Kier alpha value is -0.0400. The topological polar surface area (TPSA) is 32.3 Å². The van der Waals surface area contributed by atoms with E-state index in [1.165, 1.54) is 0 Å². The summed E-state index contributed by atoms with van der Waals surface area (Å²) in [4.78, 5) is 14.3. The molecule has 1 heterocycles. The highest BCUT2D eigenvalue weighted by Gasteiger charge is 2.23. The van der Waals surface area contributed by atoms with Gasteiger partial charge < -0.3 is 10.2 Å². The van der Waals surface area contributed by atoms with Crippen LogP contribution < -0.4 is 5.32 Å². The molecule has 0 aromatic heterocycles. The number of benzene rings is 1. The van der Waals surface area contributed by atoms with Gasteiger partial charge in [-0.05, 0) is 60.7 Å². The van der Waals surface area contributed by atoms with Crippen molar-refractivity contribution >= 4 is 52.5 Å². The van der Waals surface area contributed by atoms with Crippen molar-refractivity contribution in [2.45, 2.75) is 18.9 Å². The number of nitrogens with zero attached hydrogens (tertiary/aromatic N) is 1. The molecule has 0 saturated carbocycles. The lowest BCUT2D eigenvalue weighted by atomic mass is 10.0. The monoisotopic (exact) mass is 414 g/mol. The van der Waals surface area contributed by atoms with Crippen molar-refractivity contribution in [1.29, 1.82) is 0 Å². The van der Waals surface area contributed by atoms with Gasteiger partial charge in [-0.2, -0.15) is 0 Å². The van der Waals surface area contributed by atoms with Crippen molar-refractivity contribution in [3.63, 3.8) is 0 Å². The molecule has 1 aliphatic heterocycles. The van der Waals surface area contributed by atoms with Crippen molar-refractivity contribution in [3.8, 4) is 0 Å². The zero-order valence-electron chi connectivity index (χ0n) is 10.7. The Kier molecular flexibility index (Phi) is 6.86. The number of likely N-dealkylation sites (N-methyl/N-ethyl adjacent to an activating group) is 1. The number of piperidine rings is 1. The lowest BCUT2D eigenvalue weighted by Crippen LogP contribution is -2.46. The first-order valence-electron chi connectivity index (χ1n) is 6.03. The third-order valence-corrected chi connectivity index (χ3v) is 4.82. The molecule has 1 fully saturated rings. The normalized spacial score (nSPS) is 18.9. The van der Waals surface area contributed by atoms with Crippen molar-refractivity contribution in [2.24, 2.45) is 0 Å². The second-order valence-corrected chi connectivity index (χ2v) is 6.08. The number of hydrogen-bond donors (Lipinski definition) is 1. The Bertz CT molecular complexity index is 456. The highest BCUT2D eigenvalue weighted by molar-refractivity contribution is 14.1. The fourth-order valence-corrected chi connectivity index (χ4v) is 2.84. The smallest absolute Gasteiger partial charge is 0.253 e. The van der Waals surface area contributed by atoms with E-state index in [2.05, 4.69) is 27.9 Å². The van der Waals surface area contributed by atoms with Gasteiger partial charge in [0.15, 0.2) is 0 Å². The number of halogens is 3. The Morgan fingerprint density at radius 3 is 2.89 bits per heavy atom. The summed E-state index contributed by atoms with van der Waals surface area (Å²) in [6, 6.07) is 5.86. The summed E-state index contributed by atoms with van der Waals surface area (Å²) in [5.41, 5.74) is 0.723. The quantitative estimate of drug-likeness (QED) is 0.753. The molecule has 0 aliphatic carbocycles. The van der Waals surface area contributed by atoms with E-state index < -0.39 is 0 Å². The molecule has 0 bridgehead atoms. The number of nitrogens with one attached hydrogen (secondary N) is 1. The van der Waals surface area contributed by atoms with Gasteiger partial charge in [-0.15, -0.1) is 12.4 Å². The van der Waals surface area contributed by atoms with E-state index in [1.807, 2.05) is 18.0 Å². The maximum absolute atomic E-state index is 12.4. The minimum atomic E-state index is 0. The van der Waals surface area contributed by atoms with Crippen LogP contribution >= 0.6 is 46.6 Å². The minimum absolute atomic E-state index is 0. The van der Waals surface area contributed by atoms with Crippen LogP contribution in [0.1, 0.15) is 23.2 Å². The molecule has 0 spiro atoms. The molecule has 1 saturated heterocycles. The predicted molar refractivity (Wildman–Crippen MR) is 89.4 cm³/mol. The Labute approximate surface area is 138 Å². The van der Waals surface area contributed by atoms with E-state index in [0.29, 0.717) is 11.1 Å². The van der Waals surface area contributed by atoms with E-state index in [1.54, 1.807) is 12.1 Å². The second kappa shape index (κ2) is 7.67. The molecule has 106 valence electrons. The van der Waals surface area contributed by atoms with Crippen LogP contribution in [0.2, 0.25) is 5.02 Å². The Balaban J connectivity index is 0.00000180. The van der Waals surface area contributed by atoms with Gasteiger partial charge in [-0.3, -0.25) is 4.79 Å². The summed E-state index contributed by atoms with van der Waals surface area (Å²) >= 11 is 8.12. The van der Waals surface area contributed by atoms with Gasteiger partial charge in [0, 0.05) is 28.3 Å². The number of likely N-dealkylation sites (tertiary alicyclic amines) is 1. The number of carbonyl (C=O) groups is 1. The third-order valence-electron chi connectivity index (χ3n) is 3.28. The first-order chi connectivity index (χ1) is 8.61. The van der Waals surface area contributed by atoms with Gasteiger partial charge in [0.05, 0.1) is 5.02 Å². The number of amides is 1. The Morgan fingerprint density at radius 1 is 1.53 bits per heavy atom. The molecule has 1 aromatic carbocycles. The average molecular weight is 415 g/mol.